The van der Waals surface area contributed by atoms with Gasteiger partial charge < -0.3 is 19.9 Å². The number of ether oxygens (including phenoxy) is 2. The highest BCUT2D eigenvalue weighted by molar-refractivity contribution is 5.98. The molecule has 0 saturated carbocycles. The first kappa shape index (κ1) is 18.0. The SMILES string of the molecule is CCCCC(NC(=O)c1ccccc1OCCOC)C(=O)O. The van der Waals surface area contributed by atoms with E-state index in [-0.39, 0.29) is 0 Å². The Balaban J connectivity index is 2.76. The number of hydrogen-bond acceptors (Lipinski definition) is 4. The smallest absolute Gasteiger partial charge is 0.326 e. The van der Waals surface area contributed by atoms with Gasteiger partial charge in [0.2, 0.25) is 0 Å². The Bertz CT molecular complexity index is 489. The van der Waals surface area contributed by atoms with Crippen LogP contribution in [0.1, 0.15) is 36.5 Å². The van der Waals surface area contributed by atoms with E-state index in [0.29, 0.717) is 30.9 Å². The Labute approximate surface area is 130 Å². The maximum absolute atomic E-state index is 12.3. The third-order valence-electron chi connectivity index (χ3n) is 3.13. The minimum Gasteiger partial charge on any atom is -0.490 e. The van der Waals surface area contributed by atoms with Crippen molar-refractivity contribution in [3.8, 4) is 5.75 Å². The molecule has 0 fully saturated rings. The summed E-state index contributed by atoms with van der Waals surface area (Å²) < 4.78 is 10.4. The molecule has 1 atom stereocenters. The Kier molecular flexibility index (Phi) is 7.99. The lowest BCUT2D eigenvalue weighted by molar-refractivity contribution is -0.139. The molecular formula is C16H23NO5. The van der Waals surface area contributed by atoms with Gasteiger partial charge in [0.25, 0.3) is 5.91 Å². The van der Waals surface area contributed by atoms with Crippen molar-refractivity contribution in [2.24, 2.45) is 0 Å². The zero-order chi connectivity index (χ0) is 16.4. The highest BCUT2D eigenvalue weighted by atomic mass is 16.5. The summed E-state index contributed by atoms with van der Waals surface area (Å²) in [6.07, 6.45) is 2.02. The average molecular weight is 309 g/mol. The number of rotatable bonds is 10. The Hall–Kier alpha value is -2.08. The van der Waals surface area contributed by atoms with Crippen LogP contribution < -0.4 is 10.1 Å². The molecule has 0 aromatic heterocycles. The molecule has 0 saturated heterocycles. The third kappa shape index (κ3) is 5.73. The Morgan fingerprint density at radius 1 is 1.27 bits per heavy atom. The number of unbranched alkanes of at least 4 members (excludes halogenated alkanes) is 1. The first-order chi connectivity index (χ1) is 10.6. The molecule has 1 aromatic rings. The summed E-state index contributed by atoms with van der Waals surface area (Å²) in [7, 11) is 1.56. The molecule has 1 aromatic carbocycles. The summed E-state index contributed by atoms with van der Waals surface area (Å²) in [6.45, 7) is 2.70. The van der Waals surface area contributed by atoms with Gasteiger partial charge in [-0.05, 0) is 18.6 Å². The molecule has 0 aliphatic heterocycles. The molecule has 1 rings (SSSR count). The number of carbonyl (C=O) groups excluding carboxylic acids is 1. The Morgan fingerprint density at radius 3 is 2.64 bits per heavy atom. The molecule has 0 aliphatic rings. The minimum atomic E-state index is -1.03. The zero-order valence-electron chi connectivity index (χ0n) is 13.0. The quantitative estimate of drug-likeness (QED) is 0.646. The van der Waals surface area contributed by atoms with Crippen LogP contribution in [0.15, 0.2) is 24.3 Å². The standard InChI is InChI=1S/C16H23NO5/c1-3-4-8-13(16(19)20)17-15(18)12-7-5-6-9-14(12)22-11-10-21-2/h5-7,9,13H,3-4,8,10-11H2,1-2H3,(H,17,18)(H,19,20). The van der Waals surface area contributed by atoms with Crippen molar-refractivity contribution >= 4 is 11.9 Å². The summed E-state index contributed by atoms with van der Waals surface area (Å²) in [5.41, 5.74) is 0.321. The maximum Gasteiger partial charge on any atom is 0.326 e. The lowest BCUT2D eigenvalue weighted by atomic mass is 10.1. The van der Waals surface area contributed by atoms with Gasteiger partial charge in [-0.15, -0.1) is 0 Å². The zero-order valence-corrected chi connectivity index (χ0v) is 13.0. The van der Waals surface area contributed by atoms with E-state index < -0.39 is 17.9 Å². The first-order valence-electron chi connectivity index (χ1n) is 7.34. The number of para-hydroxylation sites is 1. The number of aliphatic carboxylic acids is 1. The molecule has 6 nitrogen and oxygen atoms in total. The summed E-state index contributed by atoms with van der Waals surface area (Å²) >= 11 is 0. The molecular weight excluding hydrogens is 286 g/mol. The second-order valence-electron chi connectivity index (χ2n) is 4.84. The fourth-order valence-corrected chi connectivity index (χ4v) is 1.92. The number of amides is 1. The van der Waals surface area contributed by atoms with Crippen LogP contribution >= 0.6 is 0 Å². The lowest BCUT2D eigenvalue weighted by Gasteiger charge is -2.16. The topological polar surface area (TPSA) is 84.9 Å². The number of hydrogen-bond donors (Lipinski definition) is 2. The van der Waals surface area contributed by atoms with Crippen LogP contribution in [0.3, 0.4) is 0 Å². The minimum absolute atomic E-state index is 0.318. The molecule has 1 unspecified atom stereocenters. The molecule has 0 heterocycles. The van der Waals surface area contributed by atoms with Gasteiger partial charge in [0.15, 0.2) is 0 Å². The molecule has 122 valence electrons. The van der Waals surface area contributed by atoms with Crippen LogP contribution in [-0.2, 0) is 9.53 Å². The second-order valence-corrected chi connectivity index (χ2v) is 4.84. The first-order valence-corrected chi connectivity index (χ1v) is 7.34. The monoisotopic (exact) mass is 309 g/mol. The van der Waals surface area contributed by atoms with Crippen LogP contribution in [0.4, 0.5) is 0 Å². The number of carboxylic acids is 1. The molecule has 0 bridgehead atoms. The van der Waals surface area contributed by atoms with E-state index in [1.54, 1.807) is 31.4 Å². The van der Waals surface area contributed by atoms with Crippen LogP contribution in [0.5, 0.6) is 5.75 Å². The molecule has 2 N–H and O–H groups in total. The number of methoxy groups -OCH3 is 1. The van der Waals surface area contributed by atoms with Crippen molar-refractivity contribution in [1.82, 2.24) is 5.32 Å². The summed E-state index contributed by atoms with van der Waals surface area (Å²) in [4.78, 5) is 23.5. The van der Waals surface area contributed by atoms with Crippen LogP contribution in [0, 0.1) is 0 Å². The van der Waals surface area contributed by atoms with E-state index in [1.807, 2.05) is 6.92 Å². The van der Waals surface area contributed by atoms with E-state index in [2.05, 4.69) is 5.32 Å². The van der Waals surface area contributed by atoms with Gasteiger partial charge in [-0.25, -0.2) is 4.79 Å². The Morgan fingerprint density at radius 2 is 2.00 bits per heavy atom. The molecule has 6 heteroatoms. The van der Waals surface area contributed by atoms with Gasteiger partial charge in [-0.1, -0.05) is 31.9 Å². The van der Waals surface area contributed by atoms with Gasteiger partial charge in [0.1, 0.15) is 18.4 Å². The second kappa shape index (κ2) is 9.78. The van der Waals surface area contributed by atoms with E-state index in [9.17, 15) is 14.7 Å². The largest absolute Gasteiger partial charge is 0.490 e. The van der Waals surface area contributed by atoms with Crippen molar-refractivity contribution in [3.63, 3.8) is 0 Å². The summed E-state index contributed by atoms with van der Waals surface area (Å²) in [5.74, 6) is -1.06. The fraction of sp³-hybridized carbons (Fsp3) is 0.500. The van der Waals surface area contributed by atoms with E-state index in [0.717, 1.165) is 12.8 Å². The van der Waals surface area contributed by atoms with Crippen LogP contribution in [-0.4, -0.2) is 43.3 Å². The normalized spacial score (nSPS) is 11.7. The number of nitrogens with one attached hydrogen (secondary N) is 1. The van der Waals surface area contributed by atoms with Gasteiger partial charge >= 0.3 is 5.97 Å². The van der Waals surface area contributed by atoms with Crippen molar-refractivity contribution in [1.29, 1.82) is 0 Å². The predicted molar refractivity (Wildman–Crippen MR) is 82.2 cm³/mol. The molecule has 22 heavy (non-hydrogen) atoms. The highest BCUT2D eigenvalue weighted by Gasteiger charge is 2.21. The molecule has 0 spiro atoms. The van der Waals surface area contributed by atoms with E-state index in [1.165, 1.54) is 0 Å². The molecule has 0 radical (unpaired) electrons. The number of carboxylic acid groups (broad SMARTS) is 1. The number of benzene rings is 1. The lowest BCUT2D eigenvalue weighted by Crippen LogP contribution is -2.40. The van der Waals surface area contributed by atoms with Gasteiger partial charge in [0, 0.05) is 7.11 Å². The van der Waals surface area contributed by atoms with Crippen molar-refractivity contribution in [3.05, 3.63) is 29.8 Å². The van der Waals surface area contributed by atoms with E-state index in [4.69, 9.17) is 9.47 Å². The summed E-state index contributed by atoms with van der Waals surface area (Å²) in [6, 6.07) is 5.85. The fourth-order valence-electron chi connectivity index (χ4n) is 1.92. The molecule has 1 amide bonds. The van der Waals surface area contributed by atoms with Gasteiger partial charge in [0.05, 0.1) is 12.2 Å². The third-order valence-corrected chi connectivity index (χ3v) is 3.13. The predicted octanol–water partition coefficient (Wildman–Crippen LogP) is 2.08. The van der Waals surface area contributed by atoms with Crippen LogP contribution in [0.25, 0.3) is 0 Å². The number of carbonyl (C=O) groups is 2. The van der Waals surface area contributed by atoms with E-state index >= 15 is 0 Å². The van der Waals surface area contributed by atoms with Gasteiger partial charge in [-0.2, -0.15) is 0 Å². The van der Waals surface area contributed by atoms with Gasteiger partial charge in [-0.3, -0.25) is 4.79 Å². The maximum atomic E-state index is 12.3. The molecule has 0 aliphatic carbocycles. The van der Waals surface area contributed by atoms with Crippen molar-refractivity contribution in [2.45, 2.75) is 32.2 Å². The summed E-state index contributed by atoms with van der Waals surface area (Å²) in [5, 5.41) is 11.7. The van der Waals surface area contributed by atoms with Crippen molar-refractivity contribution in [2.75, 3.05) is 20.3 Å². The average Bonchev–Trinajstić information content (AvgIpc) is 2.51. The highest BCUT2D eigenvalue weighted by Crippen LogP contribution is 2.18. The van der Waals surface area contributed by atoms with Crippen molar-refractivity contribution < 1.29 is 24.2 Å². The van der Waals surface area contributed by atoms with Crippen LogP contribution in [0.2, 0.25) is 0 Å².